The SMILES string of the molecule is c1ccc(-c2nc3cc(n2)Oc2cccc(c2)Oc2cc(nc(-c4ccccc4)n2)Oc2cccc(c2)Oc2cccc(c2)O3)cc1. The second-order valence-electron chi connectivity index (χ2n) is 10.4. The normalized spacial score (nSPS) is 11.8. The summed E-state index contributed by atoms with van der Waals surface area (Å²) in [5, 5.41) is 0. The molecule has 5 aromatic carbocycles. The van der Waals surface area contributed by atoms with E-state index in [1.165, 1.54) is 0 Å². The van der Waals surface area contributed by atoms with Gasteiger partial charge in [-0.25, -0.2) is 0 Å². The Morgan fingerprint density at radius 1 is 0.277 bits per heavy atom. The van der Waals surface area contributed by atoms with Crippen LogP contribution in [-0.2, 0) is 0 Å². The average Bonchev–Trinajstić information content (AvgIpc) is 3.09. The molecule has 47 heavy (non-hydrogen) atoms. The number of hydrogen-bond acceptors (Lipinski definition) is 9. The number of ether oxygens (including phenoxy) is 5. The highest BCUT2D eigenvalue weighted by molar-refractivity contribution is 5.58. The van der Waals surface area contributed by atoms with Crippen LogP contribution in [-0.4, -0.2) is 19.9 Å². The minimum absolute atomic E-state index is 0.286. The van der Waals surface area contributed by atoms with Crippen molar-refractivity contribution in [3.63, 3.8) is 0 Å². The third-order valence-electron chi connectivity index (χ3n) is 6.96. The van der Waals surface area contributed by atoms with Gasteiger partial charge in [0.1, 0.15) is 34.5 Å². The van der Waals surface area contributed by atoms with Gasteiger partial charge in [0.25, 0.3) is 0 Å². The first-order chi connectivity index (χ1) is 23.2. The van der Waals surface area contributed by atoms with Crippen molar-refractivity contribution in [3.05, 3.63) is 146 Å². The highest BCUT2D eigenvalue weighted by Crippen LogP contribution is 2.35. The van der Waals surface area contributed by atoms with Crippen LogP contribution in [0.25, 0.3) is 22.8 Å². The predicted octanol–water partition coefficient (Wildman–Crippen LogP) is 9.88. The molecule has 1 aliphatic rings. The lowest BCUT2D eigenvalue weighted by Gasteiger charge is -2.14. The molecule has 0 atom stereocenters. The van der Waals surface area contributed by atoms with Crippen LogP contribution in [0.15, 0.2) is 146 Å². The van der Waals surface area contributed by atoms with Crippen LogP contribution in [0.4, 0.5) is 0 Å². The number of aromatic nitrogens is 4. The van der Waals surface area contributed by atoms with Crippen molar-refractivity contribution in [1.82, 2.24) is 19.9 Å². The fourth-order valence-electron chi connectivity index (χ4n) is 4.87. The maximum atomic E-state index is 6.24. The van der Waals surface area contributed by atoms with Crippen molar-refractivity contribution in [2.24, 2.45) is 0 Å². The van der Waals surface area contributed by atoms with Gasteiger partial charge in [0.2, 0.25) is 23.5 Å². The Morgan fingerprint density at radius 2 is 0.574 bits per heavy atom. The standard InChI is InChI=1S/C38H24N4O5/c1-3-10-25(11-4-1)37-39-33-23-35(41-37)46-31-18-9-19-32(22-31)47-36-24-34(40-38(42-36)26-12-5-2-6-13-26)45-30-17-8-15-28(21-30)43-27-14-7-16-29(20-27)44-33/h1-24H. The van der Waals surface area contributed by atoms with E-state index in [2.05, 4.69) is 19.9 Å². The van der Waals surface area contributed by atoms with E-state index in [1.807, 2.05) is 103 Å². The molecule has 9 nitrogen and oxygen atoms in total. The van der Waals surface area contributed by atoms with Gasteiger partial charge >= 0.3 is 0 Å². The largest absolute Gasteiger partial charge is 0.457 e. The third-order valence-corrected chi connectivity index (χ3v) is 6.96. The first-order valence-electron chi connectivity index (χ1n) is 14.8. The summed E-state index contributed by atoms with van der Waals surface area (Å²) in [4.78, 5) is 18.7. The third kappa shape index (κ3) is 6.54. The van der Waals surface area contributed by atoms with Crippen molar-refractivity contribution < 1.29 is 23.7 Å². The molecular formula is C38H24N4O5. The number of fused-ring (bicyclic) bond motifs is 10. The molecule has 0 amide bonds. The first-order valence-corrected chi connectivity index (χ1v) is 14.8. The molecule has 0 N–H and O–H groups in total. The van der Waals surface area contributed by atoms with Crippen LogP contribution in [0.5, 0.6) is 58.0 Å². The van der Waals surface area contributed by atoms with E-state index in [9.17, 15) is 0 Å². The molecule has 0 aliphatic carbocycles. The minimum atomic E-state index is 0.286. The van der Waals surface area contributed by atoms with Crippen LogP contribution in [0.3, 0.4) is 0 Å². The van der Waals surface area contributed by atoms with E-state index >= 15 is 0 Å². The smallest absolute Gasteiger partial charge is 0.226 e. The first kappa shape index (κ1) is 27.8. The van der Waals surface area contributed by atoms with Crippen LogP contribution in [0, 0.1) is 0 Å². The maximum Gasteiger partial charge on any atom is 0.226 e. The second kappa shape index (κ2) is 12.3. The van der Waals surface area contributed by atoms with Crippen molar-refractivity contribution in [3.8, 4) is 80.8 Å². The van der Waals surface area contributed by atoms with Gasteiger partial charge in [-0.3, -0.25) is 0 Å². The number of nitrogens with zero attached hydrogens (tertiary/aromatic N) is 4. The molecule has 0 saturated heterocycles. The summed E-state index contributed by atoms with van der Waals surface area (Å²) in [6, 6.07) is 44.3. The Morgan fingerprint density at radius 3 is 0.894 bits per heavy atom. The minimum Gasteiger partial charge on any atom is -0.457 e. The van der Waals surface area contributed by atoms with Crippen LogP contribution in [0.1, 0.15) is 0 Å². The molecule has 2 aromatic heterocycles. The van der Waals surface area contributed by atoms with Crippen LogP contribution in [0.2, 0.25) is 0 Å². The average molecular weight is 617 g/mol. The lowest BCUT2D eigenvalue weighted by Crippen LogP contribution is -1.98. The van der Waals surface area contributed by atoms with Crippen molar-refractivity contribution >= 4 is 0 Å². The summed E-state index contributed by atoms with van der Waals surface area (Å²) in [5.41, 5.74) is 1.62. The van der Waals surface area contributed by atoms with Crippen molar-refractivity contribution in [1.29, 1.82) is 0 Å². The summed E-state index contributed by atoms with van der Waals surface area (Å²) < 4.78 is 31.1. The molecule has 7 aromatic rings. The summed E-state index contributed by atoms with van der Waals surface area (Å²) >= 11 is 0. The van der Waals surface area contributed by atoms with Crippen molar-refractivity contribution in [2.75, 3.05) is 0 Å². The molecular weight excluding hydrogens is 592 g/mol. The maximum absolute atomic E-state index is 6.24. The van der Waals surface area contributed by atoms with E-state index in [1.54, 1.807) is 42.5 Å². The van der Waals surface area contributed by atoms with E-state index in [-0.39, 0.29) is 11.8 Å². The van der Waals surface area contributed by atoms with E-state index < -0.39 is 0 Å². The van der Waals surface area contributed by atoms with Gasteiger partial charge < -0.3 is 23.7 Å². The van der Waals surface area contributed by atoms with Gasteiger partial charge in [0.05, 0.1) is 12.1 Å². The molecule has 226 valence electrons. The van der Waals surface area contributed by atoms with Gasteiger partial charge in [0.15, 0.2) is 11.6 Å². The molecule has 1 aliphatic heterocycles. The second-order valence-corrected chi connectivity index (χ2v) is 10.4. The summed E-state index contributed by atoms with van der Waals surface area (Å²) in [6.07, 6.45) is 0. The monoisotopic (exact) mass is 616 g/mol. The molecule has 8 rings (SSSR count). The van der Waals surface area contributed by atoms with E-state index in [4.69, 9.17) is 23.7 Å². The molecule has 3 heterocycles. The zero-order chi connectivity index (χ0) is 31.4. The summed E-state index contributed by atoms with van der Waals surface area (Å²) in [6.45, 7) is 0. The van der Waals surface area contributed by atoms with Gasteiger partial charge in [-0.15, -0.1) is 0 Å². The Labute approximate surface area is 269 Å². The van der Waals surface area contributed by atoms with E-state index in [0.717, 1.165) is 11.1 Å². The fourth-order valence-corrected chi connectivity index (χ4v) is 4.87. The Hall–Kier alpha value is -6.74. The Balaban J connectivity index is 1.25. The topological polar surface area (TPSA) is 97.7 Å². The zero-order valence-corrected chi connectivity index (χ0v) is 24.7. The lowest BCUT2D eigenvalue weighted by molar-refractivity contribution is 0.419. The van der Waals surface area contributed by atoms with Crippen LogP contribution < -0.4 is 23.7 Å². The van der Waals surface area contributed by atoms with Gasteiger partial charge in [0, 0.05) is 29.3 Å². The molecule has 0 radical (unpaired) electrons. The summed E-state index contributed by atoms with van der Waals surface area (Å²) in [7, 11) is 0. The highest BCUT2D eigenvalue weighted by atomic mass is 16.5. The molecule has 0 fully saturated rings. The fraction of sp³-hybridized carbons (Fsp3) is 0. The zero-order valence-electron chi connectivity index (χ0n) is 24.7. The molecule has 0 saturated carbocycles. The highest BCUT2D eigenvalue weighted by Gasteiger charge is 2.15. The summed E-state index contributed by atoms with van der Waals surface area (Å²) in [5.74, 6) is 5.18. The van der Waals surface area contributed by atoms with Gasteiger partial charge in [-0.1, -0.05) is 78.9 Å². The quantitative estimate of drug-likeness (QED) is 0.188. The van der Waals surface area contributed by atoms with Gasteiger partial charge in [-0.2, -0.15) is 19.9 Å². The van der Waals surface area contributed by atoms with Crippen molar-refractivity contribution in [2.45, 2.75) is 0 Å². The Kier molecular flexibility index (Phi) is 7.29. The number of benzene rings is 5. The molecule has 9 heteroatoms. The predicted molar refractivity (Wildman–Crippen MR) is 175 cm³/mol. The van der Waals surface area contributed by atoms with Gasteiger partial charge in [-0.05, 0) is 36.4 Å². The molecule has 10 bridgehead atoms. The van der Waals surface area contributed by atoms with E-state index in [0.29, 0.717) is 57.9 Å². The van der Waals surface area contributed by atoms with Crippen LogP contribution >= 0.6 is 0 Å². The number of rotatable bonds is 2. The molecule has 0 unspecified atom stereocenters. The molecule has 0 spiro atoms. The lowest BCUT2D eigenvalue weighted by atomic mass is 10.2. The Bertz CT molecular complexity index is 2040. The number of hydrogen-bond donors (Lipinski definition) is 0.